The lowest BCUT2D eigenvalue weighted by atomic mass is 10.1. The van der Waals surface area contributed by atoms with E-state index < -0.39 is 5.97 Å². The van der Waals surface area contributed by atoms with Gasteiger partial charge in [0, 0.05) is 12.0 Å². The summed E-state index contributed by atoms with van der Waals surface area (Å²) in [5.74, 6) is -1.27. The fourth-order valence-corrected chi connectivity index (χ4v) is 1.66. The summed E-state index contributed by atoms with van der Waals surface area (Å²) in [6.45, 7) is 3.40. The molecule has 0 aliphatic heterocycles. The van der Waals surface area contributed by atoms with Crippen molar-refractivity contribution in [2.24, 2.45) is 0 Å². The Kier molecular flexibility index (Phi) is 5.46. The zero-order chi connectivity index (χ0) is 12.7. The molecule has 1 N–H and O–H groups in total. The van der Waals surface area contributed by atoms with Crippen LogP contribution in [0.25, 0.3) is 0 Å². The van der Waals surface area contributed by atoms with Crippen molar-refractivity contribution in [3.05, 3.63) is 24.3 Å². The predicted molar refractivity (Wildman–Crippen MR) is 63.5 cm³/mol. The van der Waals surface area contributed by atoms with Crippen LogP contribution in [0.2, 0.25) is 0 Å². The highest BCUT2D eigenvalue weighted by atomic mass is 16.5. The van der Waals surface area contributed by atoms with Crippen LogP contribution in [0.15, 0.2) is 24.3 Å². The standard InChI is InChI=1S/C13H18O4/c1-10(13(15)16)6-5-9-12(14)17-11-7-3-2-4-8-11/h3,7,11H,1-2,4-6,8-9H2,(H,15,16). The number of carbonyl (C=O) groups excluding carboxylic acids is 1. The number of carboxylic acid groups (broad SMARTS) is 1. The number of allylic oxidation sites excluding steroid dienone is 1. The number of ether oxygens (including phenoxy) is 1. The van der Waals surface area contributed by atoms with Crippen molar-refractivity contribution in [3.63, 3.8) is 0 Å². The van der Waals surface area contributed by atoms with Crippen molar-refractivity contribution in [3.8, 4) is 0 Å². The Morgan fingerprint density at radius 2 is 2.18 bits per heavy atom. The Balaban J connectivity index is 2.17. The molecule has 0 aromatic heterocycles. The van der Waals surface area contributed by atoms with Gasteiger partial charge < -0.3 is 9.84 Å². The molecule has 94 valence electrons. The fourth-order valence-electron chi connectivity index (χ4n) is 1.66. The van der Waals surface area contributed by atoms with Gasteiger partial charge in [-0.25, -0.2) is 4.79 Å². The average molecular weight is 238 g/mol. The van der Waals surface area contributed by atoms with E-state index in [0.717, 1.165) is 19.3 Å². The van der Waals surface area contributed by atoms with Gasteiger partial charge in [-0.3, -0.25) is 4.79 Å². The molecule has 0 amide bonds. The van der Waals surface area contributed by atoms with Crippen LogP contribution in [0.1, 0.15) is 38.5 Å². The van der Waals surface area contributed by atoms with Crippen LogP contribution in [0.3, 0.4) is 0 Å². The first-order valence-electron chi connectivity index (χ1n) is 5.87. The molecule has 4 heteroatoms. The molecule has 0 bridgehead atoms. The molecule has 4 nitrogen and oxygen atoms in total. The Labute approximate surface area is 101 Å². The average Bonchev–Trinajstić information content (AvgIpc) is 2.30. The molecule has 17 heavy (non-hydrogen) atoms. The van der Waals surface area contributed by atoms with Crippen molar-refractivity contribution in [2.45, 2.75) is 44.6 Å². The molecule has 1 unspecified atom stereocenters. The second kappa shape index (κ2) is 6.89. The van der Waals surface area contributed by atoms with E-state index in [4.69, 9.17) is 9.84 Å². The molecule has 0 spiro atoms. The molecular formula is C13H18O4. The zero-order valence-electron chi connectivity index (χ0n) is 9.85. The normalized spacial score (nSPS) is 18.7. The van der Waals surface area contributed by atoms with E-state index in [9.17, 15) is 9.59 Å². The third-order valence-corrected chi connectivity index (χ3v) is 2.65. The summed E-state index contributed by atoms with van der Waals surface area (Å²) in [5.41, 5.74) is 0.135. The summed E-state index contributed by atoms with van der Waals surface area (Å²) in [6.07, 6.45) is 7.85. The summed E-state index contributed by atoms with van der Waals surface area (Å²) >= 11 is 0. The molecule has 0 heterocycles. The Hall–Kier alpha value is -1.58. The van der Waals surface area contributed by atoms with Crippen LogP contribution in [-0.4, -0.2) is 23.1 Å². The minimum absolute atomic E-state index is 0.0982. The van der Waals surface area contributed by atoms with E-state index in [2.05, 4.69) is 6.58 Å². The molecule has 0 saturated carbocycles. The van der Waals surface area contributed by atoms with E-state index in [1.807, 2.05) is 12.2 Å². The molecule has 1 rings (SSSR count). The van der Waals surface area contributed by atoms with Gasteiger partial charge in [-0.2, -0.15) is 0 Å². The predicted octanol–water partition coefficient (Wildman–Crippen LogP) is 2.45. The van der Waals surface area contributed by atoms with Gasteiger partial charge in [0.25, 0.3) is 0 Å². The SMILES string of the molecule is C=C(CCCC(=O)OC1C=CCCC1)C(=O)O. The summed E-state index contributed by atoms with van der Waals surface area (Å²) in [6, 6.07) is 0. The van der Waals surface area contributed by atoms with Crippen molar-refractivity contribution in [1.29, 1.82) is 0 Å². The number of esters is 1. The fraction of sp³-hybridized carbons (Fsp3) is 0.538. The minimum atomic E-state index is -1.01. The Morgan fingerprint density at radius 1 is 1.41 bits per heavy atom. The van der Waals surface area contributed by atoms with E-state index in [0.29, 0.717) is 12.8 Å². The van der Waals surface area contributed by atoms with Gasteiger partial charge in [-0.15, -0.1) is 0 Å². The minimum Gasteiger partial charge on any atom is -0.478 e. The van der Waals surface area contributed by atoms with Crippen LogP contribution in [0.4, 0.5) is 0 Å². The number of hydrogen-bond acceptors (Lipinski definition) is 3. The smallest absolute Gasteiger partial charge is 0.330 e. The van der Waals surface area contributed by atoms with Crippen LogP contribution in [-0.2, 0) is 14.3 Å². The Bertz CT molecular complexity index is 330. The second-order valence-corrected chi connectivity index (χ2v) is 4.15. The molecule has 0 fully saturated rings. The van der Waals surface area contributed by atoms with Gasteiger partial charge in [-0.05, 0) is 38.2 Å². The number of carboxylic acids is 1. The van der Waals surface area contributed by atoms with Gasteiger partial charge in [0.15, 0.2) is 0 Å². The lowest BCUT2D eigenvalue weighted by Gasteiger charge is -2.16. The largest absolute Gasteiger partial charge is 0.478 e. The number of aliphatic carboxylic acids is 1. The van der Waals surface area contributed by atoms with Crippen molar-refractivity contribution in [2.75, 3.05) is 0 Å². The maximum atomic E-state index is 11.4. The van der Waals surface area contributed by atoms with E-state index in [-0.39, 0.29) is 24.1 Å². The van der Waals surface area contributed by atoms with E-state index in [1.54, 1.807) is 0 Å². The topological polar surface area (TPSA) is 63.6 Å². The molecule has 0 aromatic carbocycles. The monoisotopic (exact) mass is 238 g/mol. The van der Waals surface area contributed by atoms with Crippen LogP contribution in [0.5, 0.6) is 0 Å². The van der Waals surface area contributed by atoms with E-state index >= 15 is 0 Å². The highest BCUT2D eigenvalue weighted by Gasteiger charge is 2.13. The first kappa shape index (κ1) is 13.5. The quantitative estimate of drug-likeness (QED) is 0.438. The summed E-state index contributed by atoms with van der Waals surface area (Å²) in [7, 11) is 0. The maximum Gasteiger partial charge on any atom is 0.330 e. The summed E-state index contributed by atoms with van der Waals surface area (Å²) in [4.78, 5) is 21.9. The second-order valence-electron chi connectivity index (χ2n) is 4.15. The van der Waals surface area contributed by atoms with Gasteiger partial charge in [0.1, 0.15) is 6.10 Å². The summed E-state index contributed by atoms with van der Waals surface area (Å²) < 4.78 is 5.23. The molecule has 0 saturated heterocycles. The number of carbonyl (C=O) groups is 2. The third-order valence-electron chi connectivity index (χ3n) is 2.65. The van der Waals surface area contributed by atoms with Gasteiger partial charge in [-0.1, -0.05) is 12.7 Å². The molecule has 0 radical (unpaired) electrons. The Morgan fingerprint density at radius 3 is 2.76 bits per heavy atom. The first-order chi connectivity index (χ1) is 8.09. The van der Waals surface area contributed by atoms with Crippen LogP contribution >= 0.6 is 0 Å². The van der Waals surface area contributed by atoms with Gasteiger partial charge in [0.05, 0.1) is 0 Å². The van der Waals surface area contributed by atoms with Crippen molar-refractivity contribution < 1.29 is 19.4 Å². The van der Waals surface area contributed by atoms with E-state index in [1.165, 1.54) is 0 Å². The van der Waals surface area contributed by atoms with Crippen LogP contribution in [0, 0.1) is 0 Å². The highest BCUT2D eigenvalue weighted by molar-refractivity contribution is 5.85. The molecular weight excluding hydrogens is 220 g/mol. The molecule has 1 aliphatic carbocycles. The zero-order valence-corrected chi connectivity index (χ0v) is 9.85. The highest BCUT2D eigenvalue weighted by Crippen LogP contribution is 2.15. The van der Waals surface area contributed by atoms with Crippen LogP contribution < -0.4 is 0 Å². The third kappa shape index (κ3) is 5.33. The first-order valence-corrected chi connectivity index (χ1v) is 5.87. The maximum absolute atomic E-state index is 11.4. The number of hydrogen-bond donors (Lipinski definition) is 1. The van der Waals surface area contributed by atoms with Gasteiger partial charge >= 0.3 is 11.9 Å². The lowest BCUT2D eigenvalue weighted by Crippen LogP contribution is -2.17. The molecule has 1 aliphatic rings. The lowest BCUT2D eigenvalue weighted by molar-refractivity contribution is -0.147. The van der Waals surface area contributed by atoms with Crippen molar-refractivity contribution >= 4 is 11.9 Å². The molecule has 0 aromatic rings. The molecule has 1 atom stereocenters. The van der Waals surface area contributed by atoms with Crippen molar-refractivity contribution in [1.82, 2.24) is 0 Å². The van der Waals surface area contributed by atoms with Gasteiger partial charge in [0.2, 0.25) is 0 Å². The summed E-state index contributed by atoms with van der Waals surface area (Å²) in [5, 5.41) is 8.58. The number of rotatable bonds is 6.